The summed E-state index contributed by atoms with van der Waals surface area (Å²) < 4.78 is 33.9. The van der Waals surface area contributed by atoms with Gasteiger partial charge in [0.25, 0.3) is 0 Å². The molecule has 0 aliphatic carbocycles. The summed E-state index contributed by atoms with van der Waals surface area (Å²) in [7, 11) is -2.61. The Balaban J connectivity index is 1.67. The Morgan fingerprint density at radius 1 is 1.21 bits per heavy atom. The van der Waals surface area contributed by atoms with Crippen LogP contribution in [-0.2, 0) is 16.4 Å². The molecule has 3 rings (SSSR count). The number of ether oxygens (including phenoxy) is 1. The van der Waals surface area contributed by atoms with Crippen molar-refractivity contribution in [2.24, 2.45) is 0 Å². The van der Waals surface area contributed by atoms with E-state index in [4.69, 9.17) is 4.74 Å². The van der Waals surface area contributed by atoms with Crippen LogP contribution in [-0.4, -0.2) is 36.8 Å². The Morgan fingerprint density at radius 3 is 2.64 bits per heavy atom. The number of nitro groups is 1. The molecule has 0 saturated carbocycles. The molecule has 0 amide bonds. The van der Waals surface area contributed by atoms with Crippen LogP contribution in [0.4, 0.5) is 5.69 Å². The maximum absolute atomic E-state index is 12.4. The Labute approximate surface area is 161 Å². The van der Waals surface area contributed by atoms with E-state index in [0.29, 0.717) is 6.42 Å². The van der Waals surface area contributed by atoms with Crippen LogP contribution < -0.4 is 9.46 Å². The average Bonchev–Trinajstić information content (AvgIpc) is 3.17. The summed E-state index contributed by atoms with van der Waals surface area (Å²) in [6.07, 6.45) is 3.91. The molecule has 0 spiro atoms. The van der Waals surface area contributed by atoms with Gasteiger partial charge in [-0.2, -0.15) is 5.10 Å². The van der Waals surface area contributed by atoms with Gasteiger partial charge in [0.15, 0.2) is 5.75 Å². The summed E-state index contributed by atoms with van der Waals surface area (Å²) in [5, 5.41) is 15.3. The zero-order chi connectivity index (χ0) is 20.1. The van der Waals surface area contributed by atoms with Crippen molar-refractivity contribution in [1.29, 1.82) is 0 Å². The van der Waals surface area contributed by atoms with Crippen LogP contribution in [0.3, 0.4) is 0 Å². The van der Waals surface area contributed by atoms with Crippen LogP contribution in [0.15, 0.2) is 65.8 Å². The van der Waals surface area contributed by atoms with Crippen molar-refractivity contribution in [1.82, 2.24) is 14.5 Å². The van der Waals surface area contributed by atoms with E-state index in [9.17, 15) is 18.5 Å². The smallest absolute Gasteiger partial charge is 0.312 e. The molecule has 2 aromatic carbocycles. The SMILES string of the molecule is COc1ccc(S(=O)(=O)NCCc2cnn(-c3ccccc3)c2)cc1[N+](=O)[O-]. The van der Waals surface area contributed by atoms with Gasteiger partial charge >= 0.3 is 5.69 Å². The van der Waals surface area contributed by atoms with Crippen LogP contribution in [0.2, 0.25) is 0 Å². The first-order valence-corrected chi connectivity index (χ1v) is 9.80. The number of nitro benzene ring substituents is 1. The van der Waals surface area contributed by atoms with Crippen molar-refractivity contribution in [3.8, 4) is 11.4 Å². The van der Waals surface area contributed by atoms with Crippen LogP contribution in [0.25, 0.3) is 5.69 Å². The first kappa shape index (κ1) is 19.5. The highest BCUT2D eigenvalue weighted by Gasteiger charge is 2.21. The monoisotopic (exact) mass is 402 g/mol. The van der Waals surface area contributed by atoms with Crippen LogP contribution >= 0.6 is 0 Å². The number of para-hydroxylation sites is 1. The summed E-state index contributed by atoms with van der Waals surface area (Å²) in [6, 6.07) is 13.0. The minimum atomic E-state index is -3.89. The molecule has 0 bridgehead atoms. The number of benzene rings is 2. The fourth-order valence-corrected chi connectivity index (χ4v) is 3.66. The Hall–Kier alpha value is -3.24. The van der Waals surface area contributed by atoms with Gasteiger partial charge in [0.2, 0.25) is 10.0 Å². The summed E-state index contributed by atoms with van der Waals surface area (Å²) in [4.78, 5) is 10.2. The lowest BCUT2D eigenvalue weighted by Crippen LogP contribution is -2.26. The molecular weight excluding hydrogens is 384 g/mol. The van der Waals surface area contributed by atoms with Gasteiger partial charge in [-0.15, -0.1) is 0 Å². The molecule has 1 heterocycles. The van der Waals surface area contributed by atoms with Crippen molar-refractivity contribution < 1.29 is 18.1 Å². The molecule has 0 aliphatic heterocycles. The lowest BCUT2D eigenvalue weighted by molar-refractivity contribution is -0.386. The first-order valence-electron chi connectivity index (χ1n) is 8.32. The number of rotatable bonds is 8. The molecule has 0 fully saturated rings. The molecule has 1 N–H and O–H groups in total. The average molecular weight is 402 g/mol. The predicted octanol–water partition coefficient (Wildman–Crippen LogP) is 2.31. The van der Waals surface area contributed by atoms with Gasteiger partial charge in [-0.25, -0.2) is 17.8 Å². The van der Waals surface area contributed by atoms with E-state index in [1.165, 1.54) is 19.2 Å². The molecule has 10 heteroatoms. The number of hydrogen-bond donors (Lipinski definition) is 1. The van der Waals surface area contributed by atoms with Crippen molar-refractivity contribution >= 4 is 15.7 Å². The van der Waals surface area contributed by atoms with Crippen molar-refractivity contribution in [2.45, 2.75) is 11.3 Å². The summed E-state index contributed by atoms with van der Waals surface area (Å²) >= 11 is 0. The van der Waals surface area contributed by atoms with Crippen molar-refractivity contribution in [2.75, 3.05) is 13.7 Å². The van der Waals surface area contributed by atoms with E-state index >= 15 is 0 Å². The second-order valence-electron chi connectivity index (χ2n) is 5.87. The topological polar surface area (TPSA) is 116 Å². The normalized spacial score (nSPS) is 11.3. The summed E-state index contributed by atoms with van der Waals surface area (Å²) in [6.45, 7) is 0.128. The van der Waals surface area contributed by atoms with E-state index in [1.807, 2.05) is 36.5 Å². The molecule has 0 radical (unpaired) electrons. The van der Waals surface area contributed by atoms with E-state index in [-0.39, 0.29) is 17.2 Å². The fraction of sp³-hybridized carbons (Fsp3) is 0.167. The van der Waals surface area contributed by atoms with Crippen molar-refractivity contribution in [3.05, 3.63) is 76.6 Å². The zero-order valence-electron chi connectivity index (χ0n) is 15.0. The van der Waals surface area contributed by atoms with Gasteiger partial charge in [-0.3, -0.25) is 10.1 Å². The molecule has 9 nitrogen and oxygen atoms in total. The third kappa shape index (κ3) is 4.35. The number of methoxy groups -OCH3 is 1. The third-order valence-corrected chi connectivity index (χ3v) is 5.48. The van der Waals surface area contributed by atoms with Gasteiger partial charge < -0.3 is 4.74 Å². The minimum absolute atomic E-state index is 0.00252. The number of hydrogen-bond acceptors (Lipinski definition) is 6. The Morgan fingerprint density at radius 2 is 1.96 bits per heavy atom. The minimum Gasteiger partial charge on any atom is -0.490 e. The quantitative estimate of drug-likeness (QED) is 0.456. The maximum Gasteiger partial charge on any atom is 0.312 e. The molecule has 0 saturated heterocycles. The van der Waals surface area contributed by atoms with Crippen LogP contribution in [0.5, 0.6) is 5.75 Å². The van der Waals surface area contributed by atoms with E-state index in [1.54, 1.807) is 10.9 Å². The standard InChI is InChI=1S/C18H18N4O5S/c1-27-18-8-7-16(11-17(18)22(23)24)28(25,26)20-10-9-14-12-19-21(13-14)15-5-3-2-4-6-15/h2-8,11-13,20H,9-10H2,1H3. The Bertz CT molecular complexity index is 1080. The molecule has 0 aliphatic rings. The number of nitrogens with one attached hydrogen (secondary N) is 1. The second-order valence-corrected chi connectivity index (χ2v) is 7.63. The summed E-state index contributed by atoms with van der Waals surface area (Å²) in [5.74, 6) is -0.00252. The molecule has 28 heavy (non-hydrogen) atoms. The number of aromatic nitrogens is 2. The van der Waals surface area contributed by atoms with Gasteiger partial charge in [0, 0.05) is 18.8 Å². The lowest BCUT2D eigenvalue weighted by Gasteiger charge is -2.07. The number of sulfonamides is 1. The molecule has 3 aromatic rings. The zero-order valence-corrected chi connectivity index (χ0v) is 15.8. The molecule has 146 valence electrons. The lowest BCUT2D eigenvalue weighted by atomic mass is 10.2. The van der Waals surface area contributed by atoms with Crippen molar-refractivity contribution in [3.63, 3.8) is 0 Å². The third-order valence-electron chi connectivity index (χ3n) is 4.02. The van der Waals surface area contributed by atoms with Gasteiger partial charge in [-0.1, -0.05) is 18.2 Å². The van der Waals surface area contributed by atoms with E-state index in [2.05, 4.69) is 9.82 Å². The highest BCUT2D eigenvalue weighted by Crippen LogP contribution is 2.29. The van der Waals surface area contributed by atoms with Gasteiger partial charge in [0.05, 0.1) is 28.8 Å². The molecular formula is C18H18N4O5S. The predicted molar refractivity (Wildman–Crippen MR) is 102 cm³/mol. The highest BCUT2D eigenvalue weighted by atomic mass is 32.2. The fourth-order valence-electron chi connectivity index (χ4n) is 2.60. The molecule has 0 atom stereocenters. The second kappa shape index (κ2) is 8.19. The van der Waals surface area contributed by atoms with Gasteiger partial charge in [0.1, 0.15) is 0 Å². The van der Waals surface area contributed by atoms with Crippen LogP contribution in [0.1, 0.15) is 5.56 Å². The van der Waals surface area contributed by atoms with Gasteiger partial charge in [-0.05, 0) is 36.2 Å². The highest BCUT2D eigenvalue weighted by molar-refractivity contribution is 7.89. The maximum atomic E-state index is 12.4. The largest absolute Gasteiger partial charge is 0.490 e. The summed E-state index contributed by atoms with van der Waals surface area (Å²) in [5.41, 5.74) is 1.35. The first-order chi connectivity index (χ1) is 13.4. The Kier molecular flexibility index (Phi) is 5.71. The molecule has 0 unspecified atom stereocenters. The van der Waals surface area contributed by atoms with E-state index in [0.717, 1.165) is 17.3 Å². The number of nitrogens with zero attached hydrogens (tertiary/aromatic N) is 3. The molecule has 1 aromatic heterocycles. The van der Waals surface area contributed by atoms with E-state index < -0.39 is 20.6 Å². The van der Waals surface area contributed by atoms with Crippen LogP contribution in [0, 0.1) is 10.1 Å².